The lowest BCUT2D eigenvalue weighted by Crippen LogP contribution is -2.38. The molecule has 0 radical (unpaired) electrons. The van der Waals surface area contributed by atoms with Gasteiger partial charge < -0.3 is 19.5 Å². The van der Waals surface area contributed by atoms with E-state index in [1.54, 1.807) is 0 Å². The van der Waals surface area contributed by atoms with Gasteiger partial charge in [-0.1, -0.05) is 12.1 Å². The van der Waals surface area contributed by atoms with Crippen molar-refractivity contribution in [2.75, 3.05) is 41.0 Å². The number of likely N-dealkylation sites (N-methyl/N-ethyl adjacent to an activating group) is 1. The van der Waals surface area contributed by atoms with E-state index in [2.05, 4.69) is 5.32 Å². The second kappa shape index (κ2) is 11.6. The molecule has 0 heterocycles. The maximum Gasteiger partial charge on any atom is 0.243 e. The summed E-state index contributed by atoms with van der Waals surface area (Å²) < 4.78 is 42.2. The molecule has 2 aromatic carbocycles. The Morgan fingerprint density at radius 3 is 2.32 bits per heavy atom. The zero-order valence-corrected chi connectivity index (χ0v) is 19.2. The fourth-order valence-electron chi connectivity index (χ4n) is 2.94. The Morgan fingerprint density at radius 2 is 1.71 bits per heavy atom. The second-order valence-electron chi connectivity index (χ2n) is 6.81. The van der Waals surface area contributed by atoms with Crippen LogP contribution in [0.25, 0.3) is 0 Å². The number of nitrogens with zero attached hydrogens (tertiary/aromatic N) is 1. The van der Waals surface area contributed by atoms with Gasteiger partial charge in [0.2, 0.25) is 15.9 Å². The van der Waals surface area contributed by atoms with E-state index in [0.29, 0.717) is 24.7 Å². The van der Waals surface area contributed by atoms with Gasteiger partial charge in [0, 0.05) is 19.7 Å². The molecule has 9 heteroatoms. The van der Waals surface area contributed by atoms with Crippen molar-refractivity contribution in [3.05, 3.63) is 48.0 Å². The van der Waals surface area contributed by atoms with E-state index in [-0.39, 0.29) is 17.3 Å². The van der Waals surface area contributed by atoms with Crippen molar-refractivity contribution in [3.8, 4) is 17.2 Å². The van der Waals surface area contributed by atoms with Gasteiger partial charge >= 0.3 is 0 Å². The lowest BCUT2D eigenvalue weighted by Gasteiger charge is -2.18. The van der Waals surface area contributed by atoms with Gasteiger partial charge in [0.25, 0.3) is 0 Å². The number of benzene rings is 2. The highest BCUT2D eigenvalue weighted by atomic mass is 32.2. The maximum absolute atomic E-state index is 12.8. The maximum atomic E-state index is 12.8. The summed E-state index contributed by atoms with van der Waals surface area (Å²) >= 11 is 0. The number of hydrogen-bond acceptors (Lipinski definition) is 6. The van der Waals surface area contributed by atoms with Crippen molar-refractivity contribution in [2.24, 2.45) is 0 Å². The Bertz CT molecular complexity index is 960. The van der Waals surface area contributed by atoms with E-state index >= 15 is 0 Å². The number of nitrogens with one attached hydrogen (secondary N) is 1. The molecule has 8 nitrogen and oxygen atoms in total. The number of hydrogen-bond donors (Lipinski definition) is 1. The van der Waals surface area contributed by atoms with Gasteiger partial charge in [-0.3, -0.25) is 4.79 Å². The Balaban J connectivity index is 1.84. The van der Waals surface area contributed by atoms with Crippen LogP contribution < -0.4 is 19.5 Å². The number of carbonyl (C=O) groups excluding carboxylic acids is 1. The molecule has 2 rings (SSSR count). The van der Waals surface area contributed by atoms with Crippen molar-refractivity contribution in [2.45, 2.75) is 24.7 Å². The number of methoxy groups -OCH3 is 2. The third-order valence-electron chi connectivity index (χ3n) is 4.63. The number of aryl methyl sites for hydroxylation is 1. The van der Waals surface area contributed by atoms with Crippen LogP contribution >= 0.6 is 0 Å². The van der Waals surface area contributed by atoms with Gasteiger partial charge in [-0.25, -0.2) is 8.42 Å². The van der Waals surface area contributed by atoms with E-state index in [4.69, 9.17) is 14.2 Å². The van der Waals surface area contributed by atoms with E-state index in [9.17, 15) is 13.2 Å². The van der Waals surface area contributed by atoms with Crippen molar-refractivity contribution in [1.29, 1.82) is 0 Å². The summed E-state index contributed by atoms with van der Waals surface area (Å²) in [7, 11) is 0.418. The van der Waals surface area contributed by atoms with Crippen LogP contribution in [0.5, 0.6) is 17.2 Å². The summed E-state index contributed by atoms with van der Waals surface area (Å²) in [6, 6.07) is 12.1. The molecule has 0 aromatic heterocycles. The summed E-state index contributed by atoms with van der Waals surface area (Å²) in [5.74, 6) is 1.20. The molecule has 0 aliphatic carbocycles. The Hall–Kier alpha value is -2.78. The summed E-state index contributed by atoms with van der Waals surface area (Å²) in [4.78, 5) is 12.2. The average Bonchev–Trinajstić information content (AvgIpc) is 2.77. The average molecular weight is 451 g/mol. The molecule has 0 aliphatic rings. The van der Waals surface area contributed by atoms with Gasteiger partial charge in [0.15, 0.2) is 11.5 Å². The lowest BCUT2D eigenvalue weighted by molar-refractivity contribution is -0.121. The first-order valence-corrected chi connectivity index (χ1v) is 11.4. The summed E-state index contributed by atoms with van der Waals surface area (Å²) in [5.41, 5.74) is 1.14. The topological polar surface area (TPSA) is 94.2 Å². The van der Waals surface area contributed by atoms with Gasteiger partial charge in [-0.2, -0.15) is 4.31 Å². The van der Waals surface area contributed by atoms with E-state index in [1.165, 1.54) is 39.5 Å². The molecule has 0 bridgehead atoms. The zero-order valence-electron chi connectivity index (χ0n) is 18.4. The van der Waals surface area contributed by atoms with Crippen molar-refractivity contribution < 1.29 is 27.4 Å². The van der Waals surface area contributed by atoms with Gasteiger partial charge in [0.1, 0.15) is 5.75 Å². The Labute approximate surface area is 184 Å². The van der Waals surface area contributed by atoms with E-state index in [0.717, 1.165) is 28.5 Å². The minimum absolute atomic E-state index is 0.0240. The molecular formula is C22H30N2O6S. The third kappa shape index (κ3) is 6.86. The van der Waals surface area contributed by atoms with Gasteiger partial charge in [-0.15, -0.1) is 0 Å². The molecule has 0 atom stereocenters. The molecule has 31 heavy (non-hydrogen) atoms. The Morgan fingerprint density at radius 1 is 1.03 bits per heavy atom. The first-order chi connectivity index (χ1) is 14.8. The second-order valence-corrected chi connectivity index (χ2v) is 8.85. The highest BCUT2D eigenvalue weighted by Gasteiger charge is 2.24. The number of rotatable bonds is 12. The molecule has 1 N–H and O–H groups in total. The zero-order chi connectivity index (χ0) is 22.9. The van der Waals surface area contributed by atoms with Crippen molar-refractivity contribution in [1.82, 2.24) is 9.62 Å². The van der Waals surface area contributed by atoms with Crippen LogP contribution in [0.4, 0.5) is 0 Å². The van der Waals surface area contributed by atoms with E-state index in [1.807, 2.05) is 31.2 Å². The summed E-state index contributed by atoms with van der Waals surface area (Å²) in [6.45, 7) is 2.74. The minimum atomic E-state index is -3.85. The van der Waals surface area contributed by atoms with Crippen molar-refractivity contribution in [3.63, 3.8) is 0 Å². The largest absolute Gasteiger partial charge is 0.494 e. The smallest absolute Gasteiger partial charge is 0.243 e. The molecule has 2 aromatic rings. The molecule has 0 saturated heterocycles. The predicted octanol–water partition coefficient (Wildman–Crippen LogP) is 2.47. The summed E-state index contributed by atoms with van der Waals surface area (Å²) in [5, 5.41) is 2.77. The molecule has 1 amide bonds. The molecule has 0 saturated carbocycles. The van der Waals surface area contributed by atoms with Gasteiger partial charge in [0.05, 0.1) is 32.3 Å². The van der Waals surface area contributed by atoms with Crippen molar-refractivity contribution >= 4 is 15.9 Å². The predicted molar refractivity (Wildman–Crippen MR) is 118 cm³/mol. The molecule has 0 spiro atoms. The van der Waals surface area contributed by atoms with Crippen LogP contribution in [-0.4, -0.2) is 59.6 Å². The number of carbonyl (C=O) groups is 1. The Kier molecular flexibility index (Phi) is 9.14. The molecule has 0 aliphatic heterocycles. The molecule has 170 valence electrons. The van der Waals surface area contributed by atoms with Crippen LogP contribution in [0, 0.1) is 0 Å². The fourth-order valence-corrected chi connectivity index (χ4v) is 4.08. The molecular weight excluding hydrogens is 420 g/mol. The monoisotopic (exact) mass is 450 g/mol. The van der Waals surface area contributed by atoms with Crippen LogP contribution in [0.1, 0.15) is 18.9 Å². The SMILES string of the molecule is CCOc1ccc(CCCNC(=O)CN(C)S(=O)(=O)c2ccc(OC)c(OC)c2)cc1. The quantitative estimate of drug-likeness (QED) is 0.499. The highest BCUT2D eigenvalue weighted by molar-refractivity contribution is 7.89. The summed E-state index contributed by atoms with van der Waals surface area (Å²) in [6.07, 6.45) is 1.54. The number of ether oxygens (including phenoxy) is 3. The normalized spacial score (nSPS) is 11.3. The van der Waals surface area contributed by atoms with Crippen LogP contribution in [0.3, 0.4) is 0 Å². The third-order valence-corrected chi connectivity index (χ3v) is 6.43. The fraction of sp³-hybridized carbons (Fsp3) is 0.409. The standard InChI is InChI=1S/C22H30N2O6S/c1-5-30-18-10-8-17(9-11-18)7-6-14-23-22(25)16-24(2)31(26,27)19-12-13-20(28-3)21(15-19)29-4/h8-13,15H,5-7,14,16H2,1-4H3,(H,23,25). The first kappa shape index (κ1) is 24.5. The lowest BCUT2D eigenvalue weighted by atomic mass is 10.1. The van der Waals surface area contributed by atoms with Crippen LogP contribution in [0.15, 0.2) is 47.4 Å². The van der Waals surface area contributed by atoms with Crippen LogP contribution in [0.2, 0.25) is 0 Å². The minimum Gasteiger partial charge on any atom is -0.494 e. The number of amides is 1. The molecule has 0 unspecified atom stereocenters. The highest BCUT2D eigenvalue weighted by Crippen LogP contribution is 2.30. The number of sulfonamides is 1. The molecule has 0 fully saturated rings. The van der Waals surface area contributed by atoms with E-state index < -0.39 is 10.0 Å². The van der Waals surface area contributed by atoms with Gasteiger partial charge in [-0.05, 0) is 49.6 Å². The first-order valence-electron chi connectivity index (χ1n) is 9.98. The van der Waals surface area contributed by atoms with Crippen LogP contribution in [-0.2, 0) is 21.2 Å².